The lowest BCUT2D eigenvalue weighted by atomic mass is 10.1. The van der Waals surface area contributed by atoms with Gasteiger partial charge in [0.25, 0.3) is 0 Å². The Bertz CT molecular complexity index is 731. The third-order valence-corrected chi connectivity index (χ3v) is 5.15. The van der Waals surface area contributed by atoms with Gasteiger partial charge >= 0.3 is 0 Å². The Morgan fingerprint density at radius 3 is 2.44 bits per heavy atom. The summed E-state index contributed by atoms with van der Waals surface area (Å²) in [6.45, 7) is 13.9. The topological polar surface area (TPSA) is 19.7 Å². The molecular formula is C21H27ClN3+. The van der Waals surface area contributed by atoms with Crippen LogP contribution in [0.25, 0.3) is 5.70 Å². The number of rotatable bonds is 5. The molecular weight excluding hydrogens is 330 g/mol. The van der Waals surface area contributed by atoms with Crippen LogP contribution in [0.15, 0.2) is 49.0 Å². The predicted octanol–water partition coefficient (Wildman–Crippen LogP) is 2.83. The first-order valence-corrected chi connectivity index (χ1v) is 9.25. The number of halogens is 1. The fourth-order valence-corrected chi connectivity index (χ4v) is 3.46. The van der Waals surface area contributed by atoms with Crippen LogP contribution < -0.4 is 10.3 Å². The summed E-state index contributed by atoms with van der Waals surface area (Å²) in [5.41, 5.74) is 9.65. The summed E-state index contributed by atoms with van der Waals surface area (Å²) in [4.78, 5) is 1.64. The van der Waals surface area contributed by atoms with Gasteiger partial charge in [-0.05, 0) is 37.1 Å². The number of hydrogen-bond donors (Lipinski definition) is 2. The van der Waals surface area contributed by atoms with Crippen molar-refractivity contribution in [1.29, 1.82) is 0 Å². The predicted molar refractivity (Wildman–Crippen MR) is 106 cm³/mol. The molecule has 0 aliphatic carbocycles. The summed E-state index contributed by atoms with van der Waals surface area (Å²) in [6.07, 6.45) is 0. The van der Waals surface area contributed by atoms with E-state index < -0.39 is 0 Å². The molecule has 1 fully saturated rings. The molecule has 0 amide bonds. The monoisotopic (exact) mass is 356 g/mol. The summed E-state index contributed by atoms with van der Waals surface area (Å²) in [6, 6.07) is 14.6. The van der Waals surface area contributed by atoms with Gasteiger partial charge in [0, 0.05) is 16.3 Å². The molecule has 3 nitrogen and oxygen atoms in total. The molecule has 1 saturated heterocycles. The summed E-state index contributed by atoms with van der Waals surface area (Å²) in [7, 11) is 0. The first-order chi connectivity index (χ1) is 12.0. The van der Waals surface area contributed by atoms with Crippen molar-refractivity contribution in [2.45, 2.75) is 20.4 Å². The van der Waals surface area contributed by atoms with Crippen LogP contribution in [0, 0.1) is 13.8 Å². The third-order valence-electron chi connectivity index (χ3n) is 4.89. The van der Waals surface area contributed by atoms with Crippen molar-refractivity contribution < 1.29 is 4.90 Å². The van der Waals surface area contributed by atoms with Crippen LogP contribution in [0.2, 0.25) is 5.02 Å². The van der Waals surface area contributed by atoms with Crippen LogP contribution in [0.3, 0.4) is 0 Å². The van der Waals surface area contributed by atoms with E-state index in [0.29, 0.717) is 0 Å². The highest BCUT2D eigenvalue weighted by atomic mass is 35.5. The molecule has 4 heteroatoms. The fraction of sp³-hybridized carbons (Fsp3) is 0.333. The molecule has 0 saturated carbocycles. The van der Waals surface area contributed by atoms with E-state index in [2.05, 4.69) is 49.1 Å². The second kappa shape index (κ2) is 8.05. The van der Waals surface area contributed by atoms with Crippen molar-refractivity contribution in [3.05, 3.63) is 76.3 Å². The number of hydrazine groups is 1. The zero-order valence-corrected chi connectivity index (χ0v) is 15.9. The highest BCUT2D eigenvalue weighted by molar-refractivity contribution is 6.30. The van der Waals surface area contributed by atoms with Crippen molar-refractivity contribution in [1.82, 2.24) is 10.4 Å². The van der Waals surface area contributed by atoms with Gasteiger partial charge in [0.2, 0.25) is 0 Å². The normalized spacial score (nSPS) is 16.0. The van der Waals surface area contributed by atoms with Gasteiger partial charge in [0.1, 0.15) is 6.54 Å². The van der Waals surface area contributed by atoms with Gasteiger partial charge in [-0.2, -0.15) is 0 Å². The fourth-order valence-electron chi connectivity index (χ4n) is 3.33. The summed E-state index contributed by atoms with van der Waals surface area (Å²) in [5, 5.41) is 3.02. The molecule has 25 heavy (non-hydrogen) atoms. The van der Waals surface area contributed by atoms with E-state index in [1.54, 1.807) is 4.90 Å². The average Bonchev–Trinajstić information content (AvgIpc) is 2.59. The molecule has 1 aliphatic rings. The lowest BCUT2D eigenvalue weighted by molar-refractivity contribution is -0.918. The van der Waals surface area contributed by atoms with Crippen LogP contribution in [0.5, 0.6) is 0 Å². The van der Waals surface area contributed by atoms with Crippen LogP contribution in [0.4, 0.5) is 0 Å². The minimum atomic E-state index is 0.750. The molecule has 0 spiro atoms. The van der Waals surface area contributed by atoms with E-state index in [-0.39, 0.29) is 0 Å². The van der Waals surface area contributed by atoms with Crippen LogP contribution in [0.1, 0.15) is 22.3 Å². The Morgan fingerprint density at radius 2 is 1.80 bits per heavy atom. The van der Waals surface area contributed by atoms with Gasteiger partial charge < -0.3 is 10.3 Å². The lowest BCUT2D eigenvalue weighted by Crippen LogP contribution is -3.13. The average molecular weight is 357 g/mol. The number of aryl methyl sites for hydroxylation is 2. The molecule has 0 radical (unpaired) electrons. The van der Waals surface area contributed by atoms with Crippen molar-refractivity contribution >= 4 is 17.3 Å². The van der Waals surface area contributed by atoms with Crippen molar-refractivity contribution in [3.8, 4) is 0 Å². The molecule has 2 aromatic carbocycles. The molecule has 1 heterocycles. The summed E-state index contributed by atoms with van der Waals surface area (Å²) >= 11 is 5.95. The molecule has 1 aliphatic heterocycles. The van der Waals surface area contributed by atoms with E-state index in [4.69, 9.17) is 11.6 Å². The Morgan fingerprint density at radius 1 is 1.12 bits per heavy atom. The SMILES string of the molecule is C=C(NN1CC[NH+](Cc2ccc(C)cc2C)CC1)c1ccc(Cl)cc1. The molecule has 0 atom stereocenters. The van der Waals surface area contributed by atoms with Gasteiger partial charge in [0.15, 0.2) is 0 Å². The van der Waals surface area contributed by atoms with Crippen molar-refractivity contribution in [2.75, 3.05) is 26.2 Å². The van der Waals surface area contributed by atoms with E-state index >= 15 is 0 Å². The number of benzene rings is 2. The minimum Gasteiger partial charge on any atom is -0.329 e. The Kier molecular flexibility index (Phi) is 5.79. The zero-order valence-electron chi connectivity index (χ0n) is 15.1. The van der Waals surface area contributed by atoms with Crippen LogP contribution >= 0.6 is 11.6 Å². The van der Waals surface area contributed by atoms with E-state index in [1.165, 1.54) is 16.7 Å². The largest absolute Gasteiger partial charge is 0.329 e. The number of piperazine rings is 1. The van der Waals surface area contributed by atoms with Gasteiger partial charge in [0.05, 0.1) is 26.2 Å². The number of nitrogens with zero attached hydrogens (tertiary/aromatic N) is 1. The maximum atomic E-state index is 5.95. The minimum absolute atomic E-state index is 0.750. The molecule has 3 rings (SSSR count). The van der Waals surface area contributed by atoms with Gasteiger partial charge in [-0.1, -0.05) is 54.1 Å². The maximum Gasteiger partial charge on any atom is 0.103 e. The van der Waals surface area contributed by atoms with Crippen molar-refractivity contribution in [3.63, 3.8) is 0 Å². The summed E-state index contributed by atoms with van der Waals surface area (Å²) < 4.78 is 0. The lowest BCUT2D eigenvalue weighted by Gasteiger charge is -2.33. The van der Waals surface area contributed by atoms with Crippen LogP contribution in [-0.2, 0) is 6.54 Å². The van der Waals surface area contributed by atoms with E-state index in [1.807, 2.05) is 24.3 Å². The van der Waals surface area contributed by atoms with Gasteiger partial charge in [-0.15, -0.1) is 0 Å². The van der Waals surface area contributed by atoms with Gasteiger partial charge in [-0.3, -0.25) is 0 Å². The number of nitrogens with one attached hydrogen (secondary N) is 2. The second-order valence-corrected chi connectivity index (χ2v) is 7.38. The molecule has 2 aromatic rings. The van der Waals surface area contributed by atoms with E-state index in [9.17, 15) is 0 Å². The Labute approximate surface area is 155 Å². The molecule has 132 valence electrons. The highest BCUT2D eigenvalue weighted by Gasteiger charge is 2.21. The van der Waals surface area contributed by atoms with Crippen LogP contribution in [-0.4, -0.2) is 31.2 Å². The first kappa shape index (κ1) is 18.0. The molecule has 0 unspecified atom stereocenters. The Hall–Kier alpha value is -1.81. The standard InChI is InChI=1S/C21H26ClN3/c1-16-4-5-20(17(2)14-16)15-24-10-12-25(13-11-24)23-18(3)19-6-8-21(22)9-7-19/h4-9,14,23H,3,10-13,15H2,1-2H3/p+1. The maximum absolute atomic E-state index is 5.95. The summed E-state index contributed by atoms with van der Waals surface area (Å²) in [5.74, 6) is 0. The smallest absolute Gasteiger partial charge is 0.103 e. The zero-order chi connectivity index (χ0) is 17.8. The van der Waals surface area contributed by atoms with Gasteiger partial charge in [-0.25, -0.2) is 5.01 Å². The quantitative estimate of drug-likeness (QED) is 0.859. The highest BCUT2D eigenvalue weighted by Crippen LogP contribution is 2.14. The number of hydrogen-bond acceptors (Lipinski definition) is 2. The Balaban J connectivity index is 1.50. The van der Waals surface area contributed by atoms with Crippen molar-refractivity contribution in [2.24, 2.45) is 0 Å². The second-order valence-electron chi connectivity index (χ2n) is 6.94. The first-order valence-electron chi connectivity index (χ1n) is 8.87. The molecule has 0 bridgehead atoms. The number of quaternary nitrogens is 1. The molecule has 0 aromatic heterocycles. The molecule has 2 N–H and O–H groups in total. The van der Waals surface area contributed by atoms with E-state index in [0.717, 1.165) is 49.0 Å². The third kappa shape index (κ3) is 4.85.